The van der Waals surface area contributed by atoms with E-state index in [2.05, 4.69) is 160 Å². The Labute approximate surface area is 533 Å². The first-order valence-electron chi connectivity index (χ1n) is 36.4. The third-order valence-corrected chi connectivity index (χ3v) is 15.6. The van der Waals surface area contributed by atoms with E-state index in [0.717, 1.165) is 109 Å². The maximum Gasteiger partial charge on any atom is 0.306 e. The molecular formula is C81H136O5. The number of carbonyl (C=O) groups excluding carboxylic acids is 2. The maximum atomic E-state index is 12.4. The Morgan fingerprint density at radius 2 is 0.500 bits per heavy atom. The summed E-state index contributed by atoms with van der Waals surface area (Å²) in [6.45, 7) is 4.04. The molecule has 0 amide bonds. The van der Waals surface area contributed by atoms with Crippen LogP contribution in [0.3, 0.4) is 0 Å². The van der Waals surface area contributed by atoms with Crippen LogP contribution in [0.4, 0.5) is 0 Å². The van der Waals surface area contributed by atoms with E-state index in [0.29, 0.717) is 12.8 Å². The van der Waals surface area contributed by atoms with Crippen LogP contribution in [0.15, 0.2) is 146 Å². The lowest BCUT2D eigenvalue weighted by atomic mass is 10.0. The van der Waals surface area contributed by atoms with Gasteiger partial charge in [0.2, 0.25) is 0 Å². The highest BCUT2D eigenvalue weighted by Crippen LogP contribution is 2.17. The van der Waals surface area contributed by atoms with Gasteiger partial charge in [-0.3, -0.25) is 9.59 Å². The van der Waals surface area contributed by atoms with Crippen LogP contribution in [0.1, 0.15) is 335 Å². The second-order valence-electron chi connectivity index (χ2n) is 23.9. The third-order valence-electron chi connectivity index (χ3n) is 15.6. The minimum atomic E-state index is -0.784. The van der Waals surface area contributed by atoms with Gasteiger partial charge in [0.1, 0.15) is 6.61 Å². The number of rotatable bonds is 66. The average Bonchev–Trinajstić information content (AvgIpc) is 3.54. The first-order chi connectivity index (χ1) is 42.6. The van der Waals surface area contributed by atoms with Crippen LogP contribution < -0.4 is 0 Å². The van der Waals surface area contributed by atoms with Crippen molar-refractivity contribution in [1.82, 2.24) is 0 Å². The van der Waals surface area contributed by atoms with Crippen molar-refractivity contribution in [2.45, 2.75) is 341 Å². The van der Waals surface area contributed by atoms with Gasteiger partial charge in [0.15, 0.2) is 6.10 Å². The zero-order valence-corrected chi connectivity index (χ0v) is 56.3. The predicted octanol–water partition coefficient (Wildman–Crippen LogP) is 25.7. The lowest BCUT2D eigenvalue weighted by molar-refractivity contribution is -0.161. The van der Waals surface area contributed by atoms with Crippen LogP contribution in [0, 0.1) is 0 Å². The van der Waals surface area contributed by atoms with Gasteiger partial charge in [-0.2, -0.15) is 0 Å². The van der Waals surface area contributed by atoms with Gasteiger partial charge in [-0.05, 0) is 122 Å². The van der Waals surface area contributed by atoms with E-state index < -0.39 is 6.10 Å². The van der Waals surface area contributed by atoms with Crippen molar-refractivity contribution in [3.63, 3.8) is 0 Å². The smallest absolute Gasteiger partial charge is 0.306 e. The van der Waals surface area contributed by atoms with Crippen LogP contribution in [0.2, 0.25) is 0 Å². The Balaban J connectivity index is 3.52. The van der Waals surface area contributed by atoms with Gasteiger partial charge in [0, 0.05) is 12.8 Å². The van der Waals surface area contributed by atoms with E-state index in [1.54, 1.807) is 0 Å². The molecule has 0 heterocycles. The summed E-state index contributed by atoms with van der Waals surface area (Å²) in [5.41, 5.74) is 0. The van der Waals surface area contributed by atoms with Gasteiger partial charge in [-0.1, -0.05) is 346 Å². The van der Waals surface area contributed by atoms with Crippen molar-refractivity contribution < 1.29 is 24.2 Å². The molecule has 0 aromatic carbocycles. The summed E-state index contributed by atoms with van der Waals surface area (Å²) >= 11 is 0. The molecule has 0 aromatic rings. The summed E-state index contributed by atoms with van der Waals surface area (Å²) < 4.78 is 10.8. The number of hydrogen-bond acceptors (Lipinski definition) is 5. The summed E-state index contributed by atoms with van der Waals surface area (Å²) in [6, 6.07) is 0. The lowest BCUT2D eigenvalue weighted by Gasteiger charge is -2.15. The molecule has 0 rings (SSSR count). The molecule has 0 radical (unpaired) electrons. The zero-order chi connectivity index (χ0) is 61.9. The SMILES string of the molecule is CC/C=C\C/C=C\C/C=C\C/C=C\C/C=C\C/C=C\C/C=C\C/C=C\C/C=C\C/C=C\CCCCCCCCCCCCC(=O)OC(CO)COC(=O)CCCCCCCCCCCCCCCCCCCCC/C=C\C/C=C\CCCCCCC. The van der Waals surface area contributed by atoms with Gasteiger partial charge in [-0.25, -0.2) is 0 Å². The normalized spacial score (nSPS) is 13.1. The molecule has 86 heavy (non-hydrogen) atoms. The van der Waals surface area contributed by atoms with E-state index in [4.69, 9.17) is 9.47 Å². The van der Waals surface area contributed by atoms with E-state index in [1.165, 1.54) is 199 Å². The summed E-state index contributed by atoms with van der Waals surface area (Å²) in [6.07, 6.45) is 113. The van der Waals surface area contributed by atoms with E-state index in [9.17, 15) is 14.7 Å². The fourth-order valence-corrected chi connectivity index (χ4v) is 10.2. The molecule has 0 bridgehead atoms. The van der Waals surface area contributed by atoms with Crippen molar-refractivity contribution in [2.24, 2.45) is 0 Å². The average molecular weight is 1190 g/mol. The van der Waals surface area contributed by atoms with Crippen molar-refractivity contribution in [3.05, 3.63) is 146 Å². The second-order valence-corrected chi connectivity index (χ2v) is 23.9. The van der Waals surface area contributed by atoms with Crippen LogP contribution in [-0.2, 0) is 19.1 Å². The Morgan fingerprint density at radius 1 is 0.279 bits per heavy atom. The molecule has 0 fully saturated rings. The minimum Gasteiger partial charge on any atom is -0.462 e. The Bertz CT molecular complexity index is 1780. The van der Waals surface area contributed by atoms with E-state index >= 15 is 0 Å². The molecule has 1 atom stereocenters. The Kier molecular flexibility index (Phi) is 71.3. The molecule has 0 saturated heterocycles. The Morgan fingerprint density at radius 3 is 0.756 bits per heavy atom. The van der Waals surface area contributed by atoms with Crippen LogP contribution in [0.5, 0.6) is 0 Å². The number of carbonyl (C=O) groups is 2. The standard InChI is InChI=1S/C81H136O5/c1-3-5-7-9-11-13-15-17-19-21-23-25-27-29-31-33-35-36-37-38-39-40-41-42-43-44-46-48-50-52-54-56-58-60-62-64-66-68-70-72-74-76-81(84)86-79(77-82)78-85-80(83)75-73-71-69-67-65-63-61-59-57-55-53-51-49-47-45-34-32-30-28-26-24-22-20-18-16-14-12-10-8-6-4-2/h5,7,11,13,16-19,22-25,29,31,35-36,38-39,41-42,44,46,50,52,79,82H,3-4,6,8-10,12,14-15,20-21,26-28,30,32-34,37,40,43,45,47-49,51,53-78H2,1-2H3/b7-5-,13-11-,18-16-,19-17-,24-22-,25-23-,31-29-,36-35-,39-38-,42-41-,46-44-,52-50-. The molecule has 0 aliphatic carbocycles. The van der Waals surface area contributed by atoms with Crippen molar-refractivity contribution >= 4 is 11.9 Å². The van der Waals surface area contributed by atoms with Crippen LogP contribution in [-0.4, -0.2) is 36.4 Å². The molecule has 490 valence electrons. The van der Waals surface area contributed by atoms with Crippen LogP contribution >= 0.6 is 0 Å². The largest absolute Gasteiger partial charge is 0.462 e. The van der Waals surface area contributed by atoms with Crippen molar-refractivity contribution in [3.8, 4) is 0 Å². The first kappa shape index (κ1) is 81.8. The molecule has 0 spiro atoms. The fourth-order valence-electron chi connectivity index (χ4n) is 10.2. The topological polar surface area (TPSA) is 72.8 Å². The quantitative estimate of drug-likeness (QED) is 0.0373. The first-order valence-corrected chi connectivity index (χ1v) is 36.4. The van der Waals surface area contributed by atoms with E-state index in [1.807, 2.05) is 0 Å². The van der Waals surface area contributed by atoms with Gasteiger partial charge < -0.3 is 14.6 Å². The molecule has 0 saturated carbocycles. The highest BCUT2D eigenvalue weighted by Gasteiger charge is 2.16. The maximum absolute atomic E-state index is 12.4. The van der Waals surface area contributed by atoms with E-state index in [-0.39, 0.29) is 25.2 Å². The Hall–Kier alpha value is -4.22. The van der Waals surface area contributed by atoms with Gasteiger partial charge in [-0.15, -0.1) is 0 Å². The molecule has 0 aliphatic heterocycles. The summed E-state index contributed by atoms with van der Waals surface area (Å²) in [5.74, 6) is -0.590. The number of aliphatic hydroxyl groups excluding tert-OH is 1. The summed E-state index contributed by atoms with van der Waals surface area (Å²) in [4.78, 5) is 24.7. The molecule has 1 unspecified atom stereocenters. The molecule has 5 heteroatoms. The number of esters is 2. The second kappa shape index (κ2) is 75.0. The fraction of sp³-hybridized carbons (Fsp3) is 0.679. The summed E-state index contributed by atoms with van der Waals surface area (Å²) in [5, 5.41) is 9.71. The monoisotopic (exact) mass is 1190 g/mol. The molecular weight excluding hydrogens is 1050 g/mol. The highest BCUT2D eigenvalue weighted by atomic mass is 16.6. The summed E-state index contributed by atoms with van der Waals surface area (Å²) in [7, 11) is 0. The van der Waals surface area contributed by atoms with Crippen molar-refractivity contribution in [1.29, 1.82) is 0 Å². The number of unbranched alkanes of at least 4 members (excludes halogenated alkanes) is 34. The zero-order valence-electron chi connectivity index (χ0n) is 56.3. The highest BCUT2D eigenvalue weighted by molar-refractivity contribution is 5.70. The number of ether oxygens (including phenoxy) is 2. The molecule has 5 nitrogen and oxygen atoms in total. The molecule has 1 N–H and O–H groups in total. The van der Waals surface area contributed by atoms with Crippen molar-refractivity contribution in [2.75, 3.05) is 13.2 Å². The predicted molar refractivity (Wildman–Crippen MR) is 380 cm³/mol. The van der Waals surface area contributed by atoms with Gasteiger partial charge in [0.05, 0.1) is 6.61 Å². The number of hydrogen-bond donors (Lipinski definition) is 1. The third kappa shape index (κ3) is 72.3. The number of allylic oxidation sites excluding steroid dienone is 24. The van der Waals surface area contributed by atoms with Gasteiger partial charge in [0.25, 0.3) is 0 Å². The minimum absolute atomic E-state index is 0.0714. The molecule has 0 aliphatic rings. The van der Waals surface area contributed by atoms with Gasteiger partial charge >= 0.3 is 11.9 Å². The number of aliphatic hydroxyl groups is 1. The molecule has 0 aromatic heterocycles. The van der Waals surface area contributed by atoms with Crippen LogP contribution in [0.25, 0.3) is 0 Å². The lowest BCUT2D eigenvalue weighted by Crippen LogP contribution is -2.28.